The zero-order valence-electron chi connectivity index (χ0n) is 14.2. The van der Waals surface area contributed by atoms with E-state index in [0.29, 0.717) is 0 Å². The number of hydrogen-bond acceptors (Lipinski definition) is 3. The van der Waals surface area contributed by atoms with Gasteiger partial charge in [0, 0.05) is 30.9 Å². The average molecular weight is 315 g/mol. The molecule has 2 aromatic rings. The number of methoxy groups -OCH3 is 1. The Morgan fingerprint density at radius 2 is 2.13 bits per heavy atom. The highest BCUT2D eigenvalue weighted by Crippen LogP contribution is 2.29. The fraction of sp³-hybridized carbons (Fsp3) is 0.444. The largest absolute Gasteiger partial charge is 0.496 e. The molecule has 0 saturated heterocycles. The van der Waals surface area contributed by atoms with Crippen LogP contribution in [0.15, 0.2) is 36.7 Å². The first kappa shape index (κ1) is 17.1. The van der Waals surface area contributed by atoms with Crippen molar-refractivity contribution in [2.24, 2.45) is 13.0 Å². The van der Waals surface area contributed by atoms with Crippen molar-refractivity contribution < 1.29 is 9.53 Å². The van der Waals surface area contributed by atoms with Gasteiger partial charge in [0.05, 0.1) is 7.11 Å². The number of imidazole rings is 1. The highest BCUT2D eigenvalue weighted by Gasteiger charge is 2.25. The third-order valence-electron chi connectivity index (χ3n) is 4.02. The molecule has 2 atom stereocenters. The topological polar surface area (TPSA) is 56.1 Å². The number of rotatable bonds is 7. The molecule has 2 unspecified atom stereocenters. The van der Waals surface area contributed by atoms with Crippen molar-refractivity contribution in [2.75, 3.05) is 7.11 Å². The molecule has 1 aromatic carbocycles. The number of carbonyl (C=O) groups is 1. The summed E-state index contributed by atoms with van der Waals surface area (Å²) in [5.41, 5.74) is 0.904. The summed E-state index contributed by atoms with van der Waals surface area (Å²) in [6.07, 6.45) is 5.46. The molecule has 124 valence electrons. The molecule has 5 nitrogen and oxygen atoms in total. The summed E-state index contributed by atoms with van der Waals surface area (Å²) in [5.74, 6) is 1.53. The van der Waals surface area contributed by atoms with Gasteiger partial charge in [-0.2, -0.15) is 0 Å². The van der Waals surface area contributed by atoms with Crippen LogP contribution in [0.1, 0.15) is 44.1 Å². The number of hydrogen-bond donors (Lipinski definition) is 1. The molecular weight excluding hydrogens is 290 g/mol. The van der Waals surface area contributed by atoms with Crippen molar-refractivity contribution in [3.8, 4) is 5.75 Å². The number of aryl methyl sites for hydroxylation is 1. The summed E-state index contributed by atoms with van der Waals surface area (Å²) in [7, 11) is 3.56. The molecular formula is C18H25N3O2. The third-order valence-corrected chi connectivity index (χ3v) is 4.02. The van der Waals surface area contributed by atoms with E-state index in [1.54, 1.807) is 13.3 Å². The Bertz CT molecular complexity index is 651. The fourth-order valence-electron chi connectivity index (χ4n) is 2.69. The van der Waals surface area contributed by atoms with Gasteiger partial charge < -0.3 is 14.6 Å². The monoisotopic (exact) mass is 315 g/mol. The van der Waals surface area contributed by atoms with Crippen LogP contribution in [-0.2, 0) is 11.8 Å². The third kappa shape index (κ3) is 3.92. The predicted octanol–water partition coefficient (Wildman–Crippen LogP) is 3.07. The summed E-state index contributed by atoms with van der Waals surface area (Å²) < 4.78 is 7.38. The second-order valence-corrected chi connectivity index (χ2v) is 5.77. The number of nitrogens with one attached hydrogen (secondary N) is 1. The molecule has 1 aromatic heterocycles. The van der Waals surface area contributed by atoms with Gasteiger partial charge in [-0.05, 0) is 12.5 Å². The summed E-state index contributed by atoms with van der Waals surface area (Å²) in [4.78, 5) is 17.0. The number of nitrogens with zero attached hydrogens (tertiary/aromatic N) is 2. The number of para-hydroxylation sites is 1. The van der Waals surface area contributed by atoms with Crippen molar-refractivity contribution in [1.29, 1.82) is 0 Å². The Kier molecular flexibility index (Phi) is 5.79. The Labute approximate surface area is 137 Å². The minimum atomic E-state index is -0.335. The fourth-order valence-corrected chi connectivity index (χ4v) is 2.69. The van der Waals surface area contributed by atoms with Crippen LogP contribution in [0.5, 0.6) is 5.75 Å². The van der Waals surface area contributed by atoms with Crippen molar-refractivity contribution in [1.82, 2.24) is 14.9 Å². The molecule has 1 amide bonds. The first-order valence-electron chi connectivity index (χ1n) is 7.99. The first-order chi connectivity index (χ1) is 11.1. The van der Waals surface area contributed by atoms with Gasteiger partial charge in [0.1, 0.15) is 17.6 Å². The summed E-state index contributed by atoms with van der Waals surface area (Å²) in [6, 6.07) is 7.38. The van der Waals surface area contributed by atoms with E-state index in [0.717, 1.165) is 30.0 Å². The Hall–Kier alpha value is -2.30. The molecule has 1 heterocycles. The standard InChI is InChI=1S/C18H25N3O2/c1-5-8-13(2)18(22)20-16(17-19-11-12-21(17)3)14-9-6-7-10-15(14)23-4/h6-7,9-13,16H,5,8H2,1-4H3,(H,20,22). The van der Waals surface area contributed by atoms with E-state index in [4.69, 9.17) is 4.74 Å². The molecule has 0 spiro atoms. The number of carbonyl (C=O) groups excluding carboxylic acids is 1. The highest BCUT2D eigenvalue weighted by atomic mass is 16.5. The van der Waals surface area contributed by atoms with Crippen LogP contribution in [-0.4, -0.2) is 22.6 Å². The van der Waals surface area contributed by atoms with Crippen LogP contribution >= 0.6 is 0 Å². The second kappa shape index (κ2) is 7.81. The lowest BCUT2D eigenvalue weighted by molar-refractivity contribution is -0.125. The van der Waals surface area contributed by atoms with Crippen LogP contribution in [0.2, 0.25) is 0 Å². The molecule has 0 aliphatic carbocycles. The van der Waals surface area contributed by atoms with E-state index < -0.39 is 0 Å². The maximum absolute atomic E-state index is 12.5. The van der Waals surface area contributed by atoms with Crippen LogP contribution in [0.25, 0.3) is 0 Å². The lowest BCUT2D eigenvalue weighted by Gasteiger charge is -2.23. The van der Waals surface area contributed by atoms with E-state index in [9.17, 15) is 4.79 Å². The van der Waals surface area contributed by atoms with Crippen molar-refractivity contribution in [2.45, 2.75) is 32.7 Å². The van der Waals surface area contributed by atoms with Gasteiger partial charge in [0.2, 0.25) is 5.91 Å². The normalized spacial score (nSPS) is 13.4. The minimum Gasteiger partial charge on any atom is -0.496 e. The van der Waals surface area contributed by atoms with E-state index in [1.165, 1.54) is 0 Å². The molecule has 0 radical (unpaired) electrons. The zero-order chi connectivity index (χ0) is 16.8. The Morgan fingerprint density at radius 3 is 2.74 bits per heavy atom. The molecule has 0 aliphatic rings. The quantitative estimate of drug-likeness (QED) is 0.854. The van der Waals surface area contributed by atoms with Crippen molar-refractivity contribution in [3.05, 3.63) is 48.0 Å². The SMILES string of the molecule is CCCC(C)C(=O)NC(c1ccccc1OC)c1nccn1C. The lowest BCUT2D eigenvalue weighted by atomic mass is 10.0. The van der Waals surface area contributed by atoms with E-state index >= 15 is 0 Å². The maximum atomic E-state index is 12.5. The van der Waals surface area contributed by atoms with Gasteiger partial charge in [0.15, 0.2) is 0 Å². The van der Waals surface area contributed by atoms with Crippen LogP contribution in [0, 0.1) is 5.92 Å². The van der Waals surface area contributed by atoms with Crippen LogP contribution in [0.4, 0.5) is 0 Å². The van der Waals surface area contributed by atoms with Gasteiger partial charge in [-0.25, -0.2) is 4.98 Å². The first-order valence-corrected chi connectivity index (χ1v) is 7.99. The summed E-state index contributed by atoms with van der Waals surface area (Å²) in [5, 5.41) is 3.13. The molecule has 5 heteroatoms. The zero-order valence-corrected chi connectivity index (χ0v) is 14.2. The van der Waals surface area contributed by atoms with E-state index in [2.05, 4.69) is 17.2 Å². The van der Waals surface area contributed by atoms with Gasteiger partial charge in [-0.15, -0.1) is 0 Å². The smallest absolute Gasteiger partial charge is 0.223 e. The number of aromatic nitrogens is 2. The Balaban J connectivity index is 2.37. The summed E-state index contributed by atoms with van der Waals surface area (Å²) >= 11 is 0. The summed E-state index contributed by atoms with van der Waals surface area (Å²) in [6.45, 7) is 4.04. The van der Waals surface area contributed by atoms with E-state index in [1.807, 2.05) is 49.0 Å². The molecule has 0 fully saturated rings. The van der Waals surface area contributed by atoms with Crippen LogP contribution < -0.4 is 10.1 Å². The molecule has 2 rings (SSSR count). The molecule has 0 aliphatic heterocycles. The molecule has 0 bridgehead atoms. The van der Waals surface area contributed by atoms with Crippen molar-refractivity contribution >= 4 is 5.91 Å². The predicted molar refractivity (Wildman–Crippen MR) is 90.3 cm³/mol. The van der Waals surface area contributed by atoms with Gasteiger partial charge >= 0.3 is 0 Å². The molecule has 23 heavy (non-hydrogen) atoms. The van der Waals surface area contributed by atoms with Crippen molar-refractivity contribution in [3.63, 3.8) is 0 Å². The van der Waals surface area contributed by atoms with E-state index in [-0.39, 0.29) is 17.9 Å². The van der Waals surface area contributed by atoms with Gasteiger partial charge in [-0.1, -0.05) is 38.5 Å². The van der Waals surface area contributed by atoms with Gasteiger partial charge in [0.25, 0.3) is 0 Å². The van der Waals surface area contributed by atoms with Crippen LogP contribution in [0.3, 0.4) is 0 Å². The number of amides is 1. The lowest BCUT2D eigenvalue weighted by Crippen LogP contribution is -2.35. The number of benzene rings is 1. The maximum Gasteiger partial charge on any atom is 0.223 e. The second-order valence-electron chi connectivity index (χ2n) is 5.77. The number of ether oxygens (including phenoxy) is 1. The highest BCUT2D eigenvalue weighted by molar-refractivity contribution is 5.79. The Morgan fingerprint density at radius 1 is 1.39 bits per heavy atom. The average Bonchev–Trinajstić information content (AvgIpc) is 2.98. The molecule has 1 N–H and O–H groups in total. The minimum absolute atomic E-state index is 0.0301. The van der Waals surface area contributed by atoms with Gasteiger partial charge in [-0.3, -0.25) is 4.79 Å². The molecule has 0 saturated carbocycles.